The van der Waals surface area contributed by atoms with Gasteiger partial charge in [0.05, 0.1) is 12.5 Å². The fraction of sp³-hybridized carbons (Fsp3) is 0.727. The van der Waals surface area contributed by atoms with Crippen molar-refractivity contribution in [3.05, 3.63) is 12.7 Å². The fourth-order valence-electron chi connectivity index (χ4n) is 1.21. The van der Waals surface area contributed by atoms with Crippen LogP contribution in [-0.2, 0) is 9.53 Å². The lowest BCUT2D eigenvalue weighted by molar-refractivity contribution is -0.151. The van der Waals surface area contributed by atoms with Crippen LogP contribution < -0.4 is 0 Å². The Kier molecular flexibility index (Phi) is 4.74. The molecule has 2 heteroatoms. The molecule has 0 bridgehead atoms. The van der Waals surface area contributed by atoms with Gasteiger partial charge in [-0.15, -0.1) is 6.58 Å². The number of rotatable bonds is 4. The van der Waals surface area contributed by atoms with Crippen LogP contribution >= 0.6 is 0 Å². The van der Waals surface area contributed by atoms with Gasteiger partial charge in [-0.1, -0.05) is 26.8 Å². The van der Waals surface area contributed by atoms with Crippen molar-refractivity contribution in [1.29, 1.82) is 0 Å². The molecule has 0 spiro atoms. The molecular weight excluding hydrogens is 164 g/mol. The summed E-state index contributed by atoms with van der Waals surface area (Å²) in [6.07, 6.45) is 2.45. The first-order chi connectivity index (χ1) is 5.93. The van der Waals surface area contributed by atoms with Crippen LogP contribution in [-0.4, -0.2) is 12.6 Å². The van der Waals surface area contributed by atoms with Gasteiger partial charge in [0.1, 0.15) is 0 Å². The molecule has 0 N–H and O–H groups in total. The van der Waals surface area contributed by atoms with E-state index >= 15 is 0 Å². The molecule has 2 nitrogen and oxygen atoms in total. The quantitative estimate of drug-likeness (QED) is 0.496. The van der Waals surface area contributed by atoms with Crippen molar-refractivity contribution in [3.63, 3.8) is 0 Å². The summed E-state index contributed by atoms with van der Waals surface area (Å²) in [5.41, 5.74) is -0.0551. The van der Waals surface area contributed by atoms with Gasteiger partial charge < -0.3 is 4.74 Å². The zero-order valence-corrected chi connectivity index (χ0v) is 9.09. The number of hydrogen-bond acceptors (Lipinski definition) is 2. The molecule has 0 saturated carbocycles. The second-order valence-corrected chi connectivity index (χ2v) is 4.20. The van der Waals surface area contributed by atoms with E-state index in [1.165, 1.54) is 0 Å². The Balaban J connectivity index is 4.41. The van der Waals surface area contributed by atoms with Gasteiger partial charge in [0.2, 0.25) is 0 Å². The highest BCUT2D eigenvalue weighted by atomic mass is 16.5. The minimum absolute atomic E-state index is 0.0551. The average Bonchev–Trinajstić information content (AvgIpc) is 1.98. The molecule has 0 aliphatic heterocycles. The van der Waals surface area contributed by atoms with E-state index in [9.17, 15) is 4.79 Å². The zero-order valence-electron chi connectivity index (χ0n) is 9.09. The summed E-state index contributed by atoms with van der Waals surface area (Å²) >= 11 is 0. The highest BCUT2D eigenvalue weighted by Crippen LogP contribution is 2.29. The van der Waals surface area contributed by atoms with Crippen LogP contribution in [0.1, 0.15) is 34.1 Å². The van der Waals surface area contributed by atoms with Gasteiger partial charge in [-0.2, -0.15) is 0 Å². The minimum Gasteiger partial charge on any atom is -0.466 e. The summed E-state index contributed by atoms with van der Waals surface area (Å²) in [6, 6.07) is 0. The van der Waals surface area contributed by atoms with Gasteiger partial charge in [0.25, 0.3) is 0 Å². The van der Waals surface area contributed by atoms with Crippen molar-refractivity contribution in [2.24, 2.45) is 11.3 Å². The zero-order chi connectivity index (χ0) is 10.5. The first-order valence-corrected chi connectivity index (χ1v) is 4.71. The first-order valence-electron chi connectivity index (χ1n) is 4.71. The summed E-state index contributed by atoms with van der Waals surface area (Å²) in [5.74, 6) is -0.195. The smallest absolute Gasteiger partial charge is 0.309 e. The van der Waals surface area contributed by atoms with Crippen LogP contribution in [0.2, 0.25) is 0 Å². The lowest BCUT2D eigenvalue weighted by atomic mass is 9.79. The van der Waals surface area contributed by atoms with Crippen LogP contribution in [0, 0.1) is 11.3 Å². The van der Waals surface area contributed by atoms with E-state index < -0.39 is 0 Å². The van der Waals surface area contributed by atoms with Crippen LogP contribution in [0.5, 0.6) is 0 Å². The Morgan fingerprint density at radius 2 is 2.08 bits per heavy atom. The van der Waals surface area contributed by atoms with Crippen LogP contribution in [0.4, 0.5) is 0 Å². The van der Waals surface area contributed by atoms with Crippen LogP contribution in [0.15, 0.2) is 12.7 Å². The highest BCUT2D eigenvalue weighted by Gasteiger charge is 2.30. The molecule has 0 amide bonds. The molecule has 0 aliphatic carbocycles. The molecule has 0 aromatic rings. The number of carbonyl (C=O) groups excluding carboxylic acids is 1. The van der Waals surface area contributed by atoms with Gasteiger partial charge in [-0.05, 0) is 18.8 Å². The molecule has 13 heavy (non-hydrogen) atoms. The molecule has 0 fully saturated rings. The molecule has 1 atom stereocenters. The summed E-state index contributed by atoms with van der Waals surface area (Å²) in [4.78, 5) is 11.5. The Hall–Kier alpha value is -0.790. The molecular formula is C11H20O2. The van der Waals surface area contributed by atoms with E-state index in [-0.39, 0.29) is 17.3 Å². The fourth-order valence-corrected chi connectivity index (χ4v) is 1.21. The van der Waals surface area contributed by atoms with E-state index in [1.54, 1.807) is 6.08 Å². The third kappa shape index (κ3) is 4.11. The third-order valence-corrected chi connectivity index (χ3v) is 2.02. The molecule has 0 radical (unpaired) electrons. The van der Waals surface area contributed by atoms with Crippen molar-refractivity contribution in [2.75, 3.05) is 6.61 Å². The maximum absolute atomic E-state index is 11.5. The Morgan fingerprint density at radius 3 is 2.38 bits per heavy atom. The van der Waals surface area contributed by atoms with E-state index in [2.05, 4.69) is 6.58 Å². The number of allylic oxidation sites excluding steroid dienone is 1. The molecule has 0 saturated heterocycles. The Bertz CT molecular complexity index is 177. The molecule has 0 unspecified atom stereocenters. The average molecular weight is 184 g/mol. The van der Waals surface area contributed by atoms with Crippen molar-refractivity contribution in [3.8, 4) is 0 Å². The third-order valence-electron chi connectivity index (χ3n) is 2.02. The monoisotopic (exact) mass is 184 g/mol. The molecule has 0 rings (SSSR count). The van der Waals surface area contributed by atoms with Gasteiger partial charge in [-0.3, -0.25) is 4.79 Å². The molecule has 0 heterocycles. The predicted octanol–water partition coefficient (Wildman–Crippen LogP) is 2.79. The second-order valence-electron chi connectivity index (χ2n) is 4.20. The number of ether oxygens (including phenoxy) is 1. The van der Waals surface area contributed by atoms with Gasteiger partial charge >= 0.3 is 5.97 Å². The van der Waals surface area contributed by atoms with E-state index in [0.29, 0.717) is 13.0 Å². The van der Waals surface area contributed by atoms with Gasteiger partial charge in [-0.25, -0.2) is 0 Å². The van der Waals surface area contributed by atoms with E-state index in [4.69, 9.17) is 4.74 Å². The summed E-state index contributed by atoms with van der Waals surface area (Å²) in [6.45, 7) is 12.0. The SMILES string of the molecule is C=CC[C@@H](C(=O)OCC)C(C)(C)C. The molecule has 0 aromatic carbocycles. The number of carbonyl (C=O) groups is 1. The lowest BCUT2D eigenvalue weighted by Gasteiger charge is -2.27. The van der Waals surface area contributed by atoms with E-state index in [1.807, 2.05) is 27.7 Å². The summed E-state index contributed by atoms with van der Waals surface area (Å²) in [5, 5.41) is 0. The Morgan fingerprint density at radius 1 is 1.54 bits per heavy atom. The van der Waals surface area contributed by atoms with Gasteiger partial charge in [0, 0.05) is 0 Å². The largest absolute Gasteiger partial charge is 0.466 e. The highest BCUT2D eigenvalue weighted by molar-refractivity contribution is 5.73. The van der Waals surface area contributed by atoms with Gasteiger partial charge in [0.15, 0.2) is 0 Å². The van der Waals surface area contributed by atoms with Crippen LogP contribution in [0.3, 0.4) is 0 Å². The van der Waals surface area contributed by atoms with E-state index in [0.717, 1.165) is 0 Å². The normalized spacial score (nSPS) is 13.5. The predicted molar refractivity (Wildman–Crippen MR) is 54.4 cm³/mol. The van der Waals surface area contributed by atoms with Crippen molar-refractivity contribution in [1.82, 2.24) is 0 Å². The second kappa shape index (κ2) is 5.05. The molecule has 0 aliphatic rings. The van der Waals surface area contributed by atoms with Crippen molar-refractivity contribution in [2.45, 2.75) is 34.1 Å². The van der Waals surface area contributed by atoms with Crippen molar-refractivity contribution < 1.29 is 9.53 Å². The first kappa shape index (κ1) is 12.2. The summed E-state index contributed by atoms with van der Waals surface area (Å²) < 4.78 is 5.00. The lowest BCUT2D eigenvalue weighted by Crippen LogP contribution is -2.29. The minimum atomic E-state index is -0.116. The maximum Gasteiger partial charge on any atom is 0.309 e. The topological polar surface area (TPSA) is 26.3 Å². The Labute approximate surface area is 81.0 Å². The summed E-state index contributed by atoms with van der Waals surface area (Å²) in [7, 11) is 0. The standard InChI is InChI=1S/C11H20O2/c1-6-8-9(11(3,4)5)10(12)13-7-2/h6,9H,1,7-8H2,2-5H3/t9-/m0/s1. The molecule has 0 aromatic heterocycles. The van der Waals surface area contributed by atoms with Crippen molar-refractivity contribution >= 4 is 5.97 Å². The van der Waals surface area contributed by atoms with Crippen LogP contribution in [0.25, 0.3) is 0 Å². The molecule has 76 valence electrons. The maximum atomic E-state index is 11.5. The number of hydrogen-bond donors (Lipinski definition) is 0. The number of esters is 1.